The summed E-state index contributed by atoms with van der Waals surface area (Å²) in [7, 11) is 0. The standard InChI is InChI=1S/C12H11NO2S/c1-8-7-16-11(13-8)10(12(14)15)9-5-3-2-4-6-9/h2-7,10H,1H3,(H,14,15)/p-1/t10-/m1/s1. The van der Waals surface area contributed by atoms with Crippen molar-refractivity contribution in [1.82, 2.24) is 4.98 Å². The zero-order valence-electron chi connectivity index (χ0n) is 8.71. The summed E-state index contributed by atoms with van der Waals surface area (Å²) < 4.78 is 0. The highest BCUT2D eigenvalue weighted by Gasteiger charge is 2.18. The summed E-state index contributed by atoms with van der Waals surface area (Å²) >= 11 is 1.35. The normalized spacial score (nSPS) is 12.3. The van der Waals surface area contributed by atoms with Crippen LogP contribution in [0.5, 0.6) is 0 Å². The van der Waals surface area contributed by atoms with Crippen molar-refractivity contribution < 1.29 is 9.90 Å². The topological polar surface area (TPSA) is 53.0 Å². The van der Waals surface area contributed by atoms with E-state index >= 15 is 0 Å². The molecule has 0 amide bonds. The Morgan fingerprint density at radius 1 is 1.38 bits per heavy atom. The summed E-state index contributed by atoms with van der Waals surface area (Å²) in [5, 5.41) is 13.6. The number of aromatic nitrogens is 1. The molecule has 3 nitrogen and oxygen atoms in total. The molecule has 0 N–H and O–H groups in total. The molecular formula is C12H10NO2S-. The lowest BCUT2D eigenvalue weighted by Gasteiger charge is -2.15. The highest BCUT2D eigenvalue weighted by molar-refractivity contribution is 7.09. The number of hydrogen-bond acceptors (Lipinski definition) is 4. The van der Waals surface area contributed by atoms with Crippen molar-refractivity contribution in [2.24, 2.45) is 0 Å². The van der Waals surface area contributed by atoms with Crippen molar-refractivity contribution in [3.63, 3.8) is 0 Å². The van der Waals surface area contributed by atoms with Gasteiger partial charge in [-0.25, -0.2) is 4.98 Å². The number of nitrogens with zero attached hydrogens (tertiary/aromatic N) is 1. The Balaban J connectivity index is 2.43. The second-order valence-electron chi connectivity index (χ2n) is 3.49. The smallest absolute Gasteiger partial charge is 0.106 e. The van der Waals surface area contributed by atoms with E-state index in [0.29, 0.717) is 10.6 Å². The van der Waals surface area contributed by atoms with Gasteiger partial charge in [0, 0.05) is 11.1 Å². The predicted molar refractivity (Wildman–Crippen MR) is 60.1 cm³/mol. The second-order valence-corrected chi connectivity index (χ2v) is 4.38. The lowest BCUT2D eigenvalue weighted by Crippen LogP contribution is -2.30. The van der Waals surface area contributed by atoms with Gasteiger partial charge in [0.15, 0.2) is 0 Å². The number of aryl methyl sites for hydroxylation is 1. The monoisotopic (exact) mass is 232 g/mol. The van der Waals surface area contributed by atoms with E-state index in [4.69, 9.17) is 0 Å². The molecule has 0 saturated carbocycles. The van der Waals surface area contributed by atoms with E-state index < -0.39 is 11.9 Å². The molecule has 0 aliphatic heterocycles. The minimum atomic E-state index is -1.11. The van der Waals surface area contributed by atoms with E-state index in [2.05, 4.69) is 4.98 Å². The van der Waals surface area contributed by atoms with Gasteiger partial charge in [0.05, 0.1) is 11.9 Å². The molecule has 0 unspecified atom stereocenters. The predicted octanol–water partition coefficient (Wildman–Crippen LogP) is 1.33. The average Bonchev–Trinajstić information content (AvgIpc) is 2.66. The lowest BCUT2D eigenvalue weighted by molar-refractivity contribution is -0.306. The Bertz CT molecular complexity index is 493. The molecule has 0 aliphatic carbocycles. The highest BCUT2D eigenvalue weighted by atomic mass is 32.1. The van der Waals surface area contributed by atoms with Gasteiger partial charge in [0.2, 0.25) is 0 Å². The fourth-order valence-electron chi connectivity index (χ4n) is 1.53. The van der Waals surface area contributed by atoms with E-state index in [1.54, 1.807) is 12.1 Å². The van der Waals surface area contributed by atoms with E-state index in [1.807, 2.05) is 30.5 Å². The zero-order chi connectivity index (χ0) is 11.5. The molecule has 82 valence electrons. The summed E-state index contributed by atoms with van der Waals surface area (Å²) in [6.07, 6.45) is 0. The molecule has 0 aliphatic rings. The Morgan fingerprint density at radius 3 is 2.56 bits per heavy atom. The largest absolute Gasteiger partial charge is 0.549 e. The van der Waals surface area contributed by atoms with Gasteiger partial charge in [-0.05, 0) is 12.5 Å². The molecule has 0 fully saturated rings. The number of carbonyl (C=O) groups excluding carboxylic acids is 1. The third kappa shape index (κ3) is 2.12. The van der Waals surface area contributed by atoms with Gasteiger partial charge >= 0.3 is 0 Å². The molecule has 1 aromatic heterocycles. The van der Waals surface area contributed by atoms with Gasteiger partial charge in [0.25, 0.3) is 0 Å². The maximum absolute atomic E-state index is 11.2. The Morgan fingerprint density at radius 2 is 2.06 bits per heavy atom. The summed E-state index contributed by atoms with van der Waals surface area (Å²) in [5.41, 5.74) is 1.54. The molecule has 0 spiro atoms. The molecule has 16 heavy (non-hydrogen) atoms. The first-order valence-corrected chi connectivity index (χ1v) is 5.74. The SMILES string of the molecule is Cc1csc([C@H](C(=O)[O-])c2ccccc2)n1. The van der Waals surface area contributed by atoms with E-state index in [0.717, 1.165) is 5.69 Å². The van der Waals surface area contributed by atoms with Crippen LogP contribution in [0.1, 0.15) is 22.2 Å². The van der Waals surface area contributed by atoms with Crippen molar-refractivity contribution in [2.45, 2.75) is 12.8 Å². The van der Waals surface area contributed by atoms with Crippen molar-refractivity contribution in [3.05, 3.63) is 52.0 Å². The molecule has 1 heterocycles. The molecule has 0 bridgehead atoms. The molecule has 2 rings (SSSR count). The zero-order valence-corrected chi connectivity index (χ0v) is 9.53. The summed E-state index contributed by atoms with van der Waals surface area (Å²) in [5.74, 6) is -1.87. The maximum atomic E-state index is 11.2. The van der Waals surface area contributed by atoms with Crippen LogP contribution >= 0.6 is 11.3 Å². The van der Waals surface area contributed by atoms with Crippen molar-refractivity contribution in [1.29, 1.82) is 0 Å². The van der Waals surface area contributed by atoms with Crippen LogP contribution in [0, 0.1) is 6.92 Å². The summed E-state index contributed by atoms with van der Waals surface area (Å²) in [6.45, 7) is 1.84. The van der Waals surface area contributed by atoms with E-state index in [1.165, 1.54) is 11.3 Å². The van der Waals surface area contributed by atoms with Crippen LogP contribution < -0.4 is 5.11 Å². The lowest BCUT2D eigenvalue weighted by atomic mass is 10.0. The number of aliphatic carboxylic acids is 1. The summed E-state index contributed by atoms with van der Waals surface area (Å²) in [4.78, 5) is 15.4. The van der Waals surface area contributed by atoms with Gasteiger partial charge in [0.1, 0.15) is 5.01 Å². The third-order valence-corrected chi connectivity index (χ3v) is 3.28. The van der Waals surface area contributed by atoms with Crippen LogP contribution in [-0.4, -0.2) is 11.0 Å². The Hall–Kier alpha value is -1.68. The number of benzene rings is 1. The molecule has 1 aromatic carbocycles. The third-order valence-electron chi connectivity index (χ3n) is 2.25. The minimum Gasteiger partial charge on any atom is -0.549 e. The first-order chi connectivity index (χ1) is 7.68. The maximum Gasteiger partial charge on any atom is 0.106 e. The van der Waals surface area contributed by atoms with Crippen LogP contribution in [-0.2, 0) is 4.79 Å². The van der Waals surface area contributed by atoms with Crippen LogP contribution in [0.2, 0.25) is 0 Å². The molecule has 0 radical (unpaired) electrons. The van der Waals surface area contributed by atoms with E-state index in [-0.39, 0.29) is 0 Å². The fraction of sp³-hybridized carbons (Fsp3) is 0.167. The van der Waals surface area contributed by atoms with Gasteiger partial charge in [-0.1, -0.05) is 30.3 Å². The van der Waals surface area contributed by atoms with Crippen molar-refractivity contribution in [3.8, 4) is 0 Å². The van der Waals surface area contributed by atoms with Gasteiger partial charge in [-0.2, -0.15) is 0 Å². The van der Waals surface area contributed by atoms with Gasteiger partial charge < -0.3 is 9.90 Å². The number of hydrogen-bond donors (Lipinski definition) is 0. The fourth-order valence-corrected chi connectivity index (χ4v) is 2.44. The quantitative estimate of drug-likeness (QED) is 0.802. The van der Waals surface area contributed by atoms with Crippen LogP contribution in [0.3, 0.4) is 0 Å². The van der Waals surface area contributed by atoms with Crippen LogP contribution in [0.25, 0.3) is 0 Å². The summed E-state index contributed by atoms with van der Waals surface area (Å²) in [6, 6.07) is 9.02. The van der Waals surface area contributed by atoms with Crippen LogP contribution in [0.15, 0.2) is 35.7 Å². The number of carboxylic acid groups (broad SMARTS) is 1. The van der Waals surface area contributed by atoms with Crippen molar-refractivity contribution >= 4 is 17.3 Å². The highest BCUT2D eigenvalue weighted by Crippen LogP contribution is 2.26. The average molecular weight is 232 g/mol. The van der Waals surface area contributed by atoms with Gasteiger partial charge in [-0.15, -0.1) is 11.3 Å². The Kier molecular flexibility index (Phi) is 3.01. The number of thiazole rings is 1. The first kappa shape index (κ1) is 10.8. The van der Waals surface area contributed by atoms with Crippen molar-refractivity contribution in [2.75, 3.05) is 0 Å². The molecule has 0 saturated heterocycles. The molecule has 4 heteroatoms. The first-order valence-electron chi connectivity index (χ1n) is 4.86. The van der Waals surface area contributed by atoms with Gasteiger partial charge in [-0.3, -0.25) is 0 Å². The molecule has 1 atom stereocenters. The van der Waals surface area contributed by atoms with E-state index in [9.17, 15) is 9.90 Å². The second kappa shape index (κ2) is 4.45. The Labute approximate surface area is 97.4 Å². The number of rotatable bonds is 3. The molecule has 2 aromatic rings. The molecular weight excluding hydrogens is 222 g/mol. The number of carbonyl (C=O) groups is 1. The number of carboxylic acids is 1. The van der Waals surface area contributed by atoms with Crippen LogP contribution in [0.4, 0.5) is 0 Å². The minimum absolute atomic E-state index is 0.573.